The summed E-state index contributed by atoms with van der Waals surface area (Å²) in [6.07, 6.45) is 0. The van der Waals surface area contributed by atoms with Gasteiger partial charge in [0, 0.05) is 30.0 Å². The van der Waals surface area contributed by atoms with Crippen LogP contribution < -0.4 is 0 Å². The quantitative estimate of drug-likeness (QED) is 0.810. The van der Waals surface area contributed by atoms with Crippen LogP contribution in [-0.4, -0.2) is 47.8 Å². The molecule has 1 aliphatic rings. The van der Waals surface area contributed by atoms with Gasteiger partial charge in [0.25, 0.3) is 0 Å². The number of benzene rings is 1. The van der Waals surface area contributed by atoms with Crippen molar-refractivity contribution in [2.75, 3.05) is 26.2 Å². The predicted octanol–water partition coefficient (Wildman–Crippen LogP) is 2.80. The minimum Gasteiger partial charge on any atom is -0.466 e. The zero-order valence-corrected chi connectivity index (χ0v) is 15.0. The highest BCUT2D eigenvalue weighted by Gasteiger charge is 2.40. The molecule has 1 saturated heterocycles. The van der Waals surface area contributed by atoms with E-state index in [0.29, 0.717) is 19.7 Å². The lowest BCUT2D eigenvalue weighted by atomic mass is 9.89. The van der Waals surface area contributed by atoms with Crippen LogP contribution in [-0.2, 0) is 9.53 Å². The van der Waals surface area contributed by atoms with Crippen LogP contribution in [0.3, 0.4) is 0 Å². The molecule has 0 amide bonds. The summed E-state index contributed by atoms with van der Waals surface area (Å²) in [7, 11) is 0. The maximum atomic E-state index is 12.3. The first kappa shape index (κ1) is 17.4. The number of carbonyl (C=O) groups excluding carboxylic acids is 1. The molecule has 122 valence electrons. The molecule has 2 atom stereocenters. The molecular weight excluding hydrogens is 346 g/mol. The average Bonchev–Trinajstić information content (AvgIpc) is 2.81. The van der Waals surface area contributed by atoms with Crippen LogP contribution in [0.4, 0.5) is 0 Å². The van der Waals surface area contributed by atoms with Crippen LogP contribution in [0.25, 0.3) is 0 Å². The third-order valence-corrected chi connectivity index (χ3v) is 4.42. The number of esters is 1. The van der Waals surface area contributed by atoms with Crippen molar-refractivity contribution in [3.63, 3.8) is 0 Å². The van der Waals surface area contributed by atoms with Crippen LogP contribution >= 0.6 is 15.9 Å². The Labute approximate surface area is 140 Å². The zero-order valence-electron chi connectivity index (χ0n) is 13.4. The Morgan fingerprint density at radius 2 is 2.00 bits per heavy atom. The van der Waals surface area contributed by atoms with E-state index in [1.807, 2.05) is 19.1 Å². The number of ether oxygens (including phenoxy) is 1. The second-order valence-corrected chi connectivity index (χ2v) is 7.44. The standard InChI is InChI=1S/C17H24BrNO3/c1-4-22-16(20)15-10-19(11-17(2,3)21)9-14(15)12-5-7-13(18)8-6-12/h5-8,14-15,21H,4,9-11H2,1-3H3/t14-,15+/m1/s1. The molecule has 0 spiro atoms. The molecule has 0 aromatic heterocycles. The Balaban J connectivity index is 2.19. The number of hydrogen-bond acceptors (Lipinski definition) is 4. The fraction of sp³-hybridized carbons (Fsp3) is 0.588. The molecule has 0 bridgehead atoms. The van der Waals surface area contributed by atoms with Gasteiger partial charge in [-0.05, 0) is 38.5 Å². The van der Waals surface area contributed by atoms with Gasteiger partial charge in [-0.25, -0.2) is 0 Å². The lowest BCUT2D eigenvalue weighted by molar-refractivity contribution is -0.148. The van der Waals surface area contributed by atoms with Crippen molar-refractivity contribution < 1.29 is 14.6 Å². The number of halogens is 1. The topological polar surface area (TPSA) is 49.8 Å². The Hall–Kier alpha value is -0.910. The molecule has 0 unspecified atom stereocenters. The third kappa shape index (κ3) is 4.54. The number of rotatable bonds is 5. The number of hydrogen-bond donors (Lipinski definition) is 1. The molecule has 1 aromatic carbocycles. The lowest BCUT2D eigenvalue weighted by Crippen LogP contribution is -2.37. The van der Waals surface area contributed by atoms with Crippen LogP contribution in [0.15, 0.2) is 28.7 Å². The van der Waals surface area contributed by atoms with Crippen molar-refractivity contribution >= 4 is 21.9 Å². The van der Waals surface area contributed by atoms with E-state index in [1.165, 1.54) is 0 Å². The summed E-state index contributed by atoms with van der Waals surface area (Å²) in [4.78, 5) is 14.4. The molecule has 1 heterocycles. The Morgan fingerprint density at radius 3 is 2.55 bits per heavy atom. The monoisotopic (exact) mass is 369 g/mol. The smallest absolute Gasteiger partial charge is 0.310 e. The largest absolute Gasteiger partial charge is 0.466 e. The van der Waals surface area contributed by atoms with Crippen molar-refractivity contribution in [3.05, 3.63) is 34.3 Å². The van der Waals surface area contributed by atoms with Gasteiger partial charge < -0.3 is 9.84 Å². The third-order valence-electron chi connectivity index (χ3n) is 3.89. The molecule has 22 heavy (non-hydrogen) atoms. The summed E-state index contributed by atoms with van der Waals surface area (Å²) < 4.78 is 6.27. The van der Waals surface area contributed by atoms with E-state index in [-0.39, 0.29) is 17.8 Å². The maximum Gasteiger partial charge on any atom is 0.310 e. The van der Waals surface area contributed by atoms with Crippen LogP contribution in [0, 0.1) is 5.92 Å². The summed E-state index contributed by atoms with van der Waals surface area (Å²) in [5.74, 6) is -0.216. The maximum absolute atomic E-state index is 12.3. The van der Waals surface area contributed by atoms with Gasteiger partial charge in [-0.15, -0.1) is 0 Å². The summed E-state index contributed by atoms with van der Waals surface area (Å²) in [5.41, 5.74) is 0.368. The highest BCUT2D eigenvalue weighted by atomic mass is 79.9. The first-order valence-corrected chi connectivity index (χ1v) is 8.46. The van der Waals surface area contributed by atoms with Crippen molar-refractivity contribution in [3.8, 4) is 0 Å². The van der Waals surface area contributed by atoms with Gasteiger partial charge in [-0.1, -0.05) is 28.1 Å². The molecule has 1 aromatic rings. The SMILES string of the molecule is CCOC(=O)[C@H]1CN(CC(C)(C)O)C[C@@H]1c1ccc(Br)cc1. The minimum atomic E-state index is -0.770. The normalized spacial score (nSPS) is 22.8. The lowest BCUT2D eigenvalue weighted by Gasteiger charge is -2.25. The van der Waals surface area contributed by atoms with Gasteiger partial charge in [0.15, 0.2) is 0 Å². The molecule has 4 nitrogen and oxygen atoms in total. The Bertz CT molecular complexity index is 510. The molecule has 5 heteroatoms. The van der Waals surface area contributed by atoms with Gasteiger partial charge >= 0.3 is 5.97 Å². The predicted molar refractivity (Wildman–Crippen MR) is 89.7 cm³/mol. The van der Waals surface area contributed by atoms with Crippen LogP contribution in [0.5, 0.6) is 0 Å². The van der Waals surface area contributed by atoms with Gasteiger partial charge in [0.05, 0.1) is 18.1 Å². The van der Waals surface area contributed by atoms with Gasteiger partial charge in [0.1, 0.15) is 0 Å². The van der Waals surface area contributed by atoms with Crippen molar-refractivity contribution in [2.24, 2.45) is 5.92 Å². The van der Waals surface area contributed by atoms with Crippen molar-refractivity contribution in [2.45, 2.75) is 32.3 Å². The summed E-state index contributed by atoms with van der Waals surface area (Å²) >= 11 is 3.44. The molecule has 1 N–H and O–H groups in total. The van der Waals surface area contributed by atoms with E-state index in [9.17, 15) is 9.90 Å². The summed E-state index contributed by atoms with van der Waals surface area (Å²) in [6.45, 7) is 7.75. The van der Waals surface area contributed by atoms with Gasteiger partial charge in [-0.2, -0.15) is 0 Å². The molecule has 0 saturated carbocycles. The zero-order chi connectivity index (χ0) is 16.3. The van der Waals surface area contributed by atoms with E-state index < -0.39 is 5.60 Å². The van der Waals surface area contributed by atoms with Crippen LogP contribution in [0.2, 0.25) is 0 Å². The summed E-state index contributed by atoms with van der Waals surface area (Å²) in [5, 5.41) is 10.0. The molecule has 2 rings (SSSR count). The highest BCUT2D eigenvalue weighted by Crippen LogP contribution is 2.34. The molecule has 1 aliphatic heterocycles. The van der Waals surface area contributed by atoms with Gasteiger partial charge in [-0.3, -0.25) is 9.69 Å². The van der Waals surface area contributed by atoms with E-state index in [0.717, 1.165) is 16.6 Å². The van der Waals surface area contributed by atoms with Crippen LogP contribution in [0.1, 0.15) is 32.3 Å². The van der Waals surface area contributed by atoms with Crippen molar-refractivity contribution in [1.29, 1.82) is 0 Å². The average molecular weight is 370 g/mol. The molecule has 1 fully saturated rings. The second-order valence-electron chi connectivity index (χ2n) is 6.52. The van der Waals surface area contributed by atoms with Gasteiger partial charge in [0.2, 0.25) is 0 Å². The van der Waals surface area contributed by atoms with E-state index in [2.05, 4.69) is 33.0 Å². The summed E-state index contributed by atoms with van der Waals surface area (Å²) in [6, 6.07) is 8.09. The highest BCUT2D eigenvalue weighted by molar-refractivity contribution is 9.10. The minimum absolute atomic E-state index is 0.106. The first-order chi connectivity index (χ1) is 10.3. The molecular formula is C17H24BrNO3. The van der Waals surface area contributed by atoms with E-state index >= 15 is 0 Å². The molecule has 0 radical (unpaired) electrons. The van der Waals surface area contributed by atoms with E-state index in [1.54, 1.807) is 13.8 Å². The van der Waals surface area contributed by atoms with E-state index in [4.69, 9.17) is 4.74 Å². The molecule has 0 aliphatic carbocycles. The number of carbonyl (C=O) groups is 1. The fourth-order valence-corrected chi connectivity index (χ4v) is 3.36. The first-order valence-electron chi connectivity index (χ1n) is 7.67. The fourth-order valence-electron chi connectivity index (χ4n) is 3.10. The number of aliphatic hydroxyl groups is 1. The number of β-amino-alcohol motifs (C(OH)–C–C–N with tert-alkyl or cyclic N) is 1. The number of nitrogens with zero attached hydrogens (tertiary/aromatic N) is 1. The van der Waals surface area contributed by atoms with Crippen molar-refractivity contribution in [1.82, 2.24) is 4.90 Å². The number of likely N-dealkylation sites (tertiary alicyclic amines) is 1. The second kappa shape index (κ2) is 7.11. The Kier molecular flexibility index (Phi) is 5.64. The Morgan fingerprint density at radius 1 is 1.36 bits per heavy atom.